The Morgan fingerprint density at radius 2 is 1.33 bits per heavy atom. The van der Waals surface area contributed by atoms with Crippen molar-refractivity contribution in [3.8, 4) is 0 Å². The molecule has 232 valence electrons. The lowest BCUT2D eigenvalue weighted by Crippen LogP contribution is -2.63. The quantitative estimate of drug-likeness (QED) is 0.205. The summed E-state index contributed by atoms with van der Waals surface area (Å²) in [4.78, 5) is 27.6. The summed E-state index contributed by atoms with van der Waals surface area (Å²) in [6.07, 6.45) is -5.37. The molecule has 0 amide bonds. The number of benzene rings is 4. The van der Waals surface area contributed by atoms with E-state index in [1.807, 2.05) is 31.2 Å². The smallest absolute Gasteiger partial charge is 0.338 e. The van der Waals surface area contributed by atoms with Gasteiger partial charge in [0.1, 0.15) is 35.1 Å². The first kappa shape index (κ1) is 30.8. The molecule has 0 N–H and O–H groups in total. The molecule has 7 nitrogen and oxygen atoms in total. The lowest BCUT2D eigenvalue weighted by molar-refractivity contribution is -0.317. The zero-order valence-corrected chi connectivity index (χ0v) is 24.6. The van der Waals surface area contributed by atoms with E-state index in [4.69, 9.17) is 23.7 Å². The number of esters is 2. The van der Waals surface area contributed by atoms with Crippen molar-refractivity contribution >= 4 is 23.7 Å². The minimum atomic E-state index is -1.26. The predicted octanol–water partition coefficient (Wildman–Crippen LogP) is 6.79. The van der Waals surface area contributed by atoms with Gasteiger partial charge >= 0.3 is 11.9 Å². The van der Waals surface area contributed by atoms with E-state index >= 15 is 0 Å². The van der Waals surface area contributed by atoms with Gasteiger partial charge < -0.3 is 23.7 Å². The first-order valence-corrected chi connectivity index (χ1v) is 15.0. The number of carbonyl (C=O) groups excluding carboxylic acids is 2. The number of halogens is 3. The Morgan fingerprint density at radius 1 is 0.733 bits per heavy atom. The molecule has 6 atom stereocenters. The van der Waals surface area contributed by atoms with Crippen LogP contribution in [0.15, 0.2) is 102 Å². The molecule has 0 aromatic heterocycles. The minimum absolute atomic E-state index is 0.0139. The van der Waals surface area contributed by atoms with Crippen molar-refractivity contribution in [3.05, 3.63) is 137 Å². The van der Waals surface area contributed by atoms with Crippen LogP contribution in [-0.2, 0) is 23.7 Å². The van der Waals surface area contributed by atoms with E-state index in [1.165, 1.54) is 54.2 Å². The molecule has 4 aromatic rings. The Kier molecular flexibility index (Phi) is 9.22. The number of hydrogen-bond donors (Lipinski definition) is 0. The third kappa shape index (κ3) is 7.23. The fraction of sp³-hybridized carbons (Fsp3) is 0.235. The number of carbonyl (C=O) groups is 2. The molecular formula is C34H27F3O7S. The Bertz CT molecular complexity index is 1650. The summed E-state index contributed by atoms with van der Waals surface area (Å²) in [5, 5.41) is 0. The second-order valence-electron chi connectivity index (χ2n) is 10.5. The van der Waals surface area contributed by atoms with Gasteiger partial charge in [0, 0.05) is 10.5 Å². The average molecular weight is 637 g/mol. The van der Waals surface area contributed by atoms with Gasteiger partial charge in [0.2, 0.25) is 0 Å². The molecule has 0 radical (unpaired) electrons. The molecule has 0 aliphatic carbocycles. The van der Waals surface area contributed by atoms with Crippen LogP contribution in [0.3, 0.4) is 0 Å². The molecular weight excluding hydrogens is 609 g/mol. The van der Waals surface area contributed by atoms with Crippen molar-refractivity contribution in [2.45, 2.75) is 48.0 Å². The van der Waals surface area contributed by atoms with Crippen LogP contribution >= 0.6 is 11.8 Å². The highest BCUT2D eigenvalue weighted by Gasteiger charge is 2.54. The van der Waals surface area contributed by atoms with Crippen LogP contribution in [0, 0.1) is 24.4 Å². The van der Waals surface area contributed by atoms with Gasteiger partial charge in [-0.15, -0.1) is 0 Å². The molecule has 6 rings (SSSR count). The van der Waals surface area contributed by atoms with Crippen molar-refractivity contribution in [1.82, 2.24) is 0 Å². The molecule has 2 heterocycles. The van der Waals surface area contributed by atoms with Gasteiger partial charge in [0.15, 0.2) is 18.5 Å². The highest BCUT2D eigenvalue weighted by Crippen LogP contribution is 2.41. The number of aryl methyl sites for hydroxylation is 1. The van der Waals surface area contributed by atoms with Crippen molar-refractivity contribution in [1.29, 1.82) is 0 Å². The van der Waals surface area contributed by atoms with Gasteiger partial charge in [0.25, 0.3) is 0 Å². The monoisotopic (exact) mass is 636 g/mol. The molecule has 2 aliphatic rings. The summed E-state index contributed by atoms with van der Waals surface area (Å²) in [7, 11) is 0. The van der Waals surface area contributed by atoms with Crippen LogP contribution in [0.2, 0.25) is 0 Å². The number of fused-ring (bicyclic) bond motifs is 1. The predicted molar refractivity (Wildman–Crippen MR) is 157 cm³/mol. The van der Waals surface area contributed by atoms with Gasteiger partial charge in [0.05, 0.1) is 17.7 Å². The van der Waals surface area contributed by atoms with Crippen LogP contribution in [0.5, 0.6) is 0 Å². The summed E-state index contributed by atoms with van der Waals surface area (Å²) in [5.74, 6) is -3.20. The molecule has 2 fully saturated rings. The summed E-state index contributed by atoms with van der Waals surface area (Å²) >= 11 is 1.24. The molecule has 1 unspecified atom stereocenters. The molecule has 2 aliphatic heterocycles. The van der Waals surface area contributed by atoms with E-state index < -0.39 is 65.5 Å². The highest BCUT2D eigenvalue weighted by molar-refractivity contribution is 7.99. The van der Waals surface area contributed by atoms with Gasteiger partial charge in [-0.1, -0.05) is 41.6 Å². The first-order chi connectivity index (χ1) is 21.7. The molecule has 0 saturated carbocycles. The van der Waals surface area contributed by atoms with E-state index in [0.717, 1.165) is 34.7 Å². The average Bonchev–Trinajstić information content (AvgIpc) is 3.04. The topological polar surface area (TPSA) is 80.3 Å². The maximum Gasteiger partial charge on any atom is 0.338 e. The molecule has 11 heteroatoms. The third-order valence-corrected chi connectivity index (χ3v) is 8.48. The van der Waals surface area contributed by atoms with Crippen molar-refractivity contribution in [2.24, 2.45) is 0 Å². The minimum Gasteiger partial charge on any atom is -0.452 e. The normalized spacial score (nSPS) is 24.4. The summed E-state index contributed by atoms with van der Waals surface area (Å²) in [5.41, 5.74) is 0.619. The third-order valence-electron chi connectivity index (χ3n) is 7.32. The molecule has 4 aromatic carbocycles. The van der Waals surface area contributed by atoms with Gasteiger partial charge in [-0.2, -0.15) is 0 Å². The summed E-state index contributed by atoms with van der Waals surface area (Å²) in [6, 6.07) is 22.8. The second kappa shape index (κ2) is 13.5. The van der Waals surface area contributed by atoms with E-state index in [9.17, 15) is 22.8 Å². The van der Waals surface area contributed by atoms with Gasteiger partial charge in [-0.25, -0.2) is 22.8 Å². The van der Waals surface area contributed by atoms with E-state index in [1.54, 1.807) is 6.07 Å². The number of thioether (sulfide) groups is 1. The largest absolute Gasteiger partial charge is 0.452 e. The molecule has 2 saturated heterocycles. The number of rotatable bonds is 7. The van der Waals surface area contributed by atoms with Crippen LogP contribution in [0.1, 0.15) is 38.1 Å². The van der Waals surface area contributed by atoms with E-state index in [-0.39, 0.29) is 17.7 Å². The van der Waals surface area contributed by atoms with Crippen molar-refractivity contribution in [2.75, 3.05) is 6.61 Å². The fourth-order valence-electron chi connectivity index (χ4n) is 5.03. The van der Waals surface area contributed by atoms with Gasteiger partial charge in [-0.3, -0.25) is 0 Å². The van der Waals surface area contributed by atoms with E-state index in [2.05, 4.69) is 0 Å². The Morgan fingerprint density at radius 3 is 1.93 bits per heavy atom. The maximum atomic E-state index is 14.1. The van der Waals surface area contributed by atoms with Crippen LogP contribution < -0.4 is 0 Å². The standard InChI is InChI=1S/C34H27F3O7S/c1-19-5-15-26(16-6-19)45-34-30(43-32(39)21-9-13-24(36)14-10-21)29(42-31(38)20-7-11-23(35)12-8-20)28-27(41-34)18-40-33(44-28)22-3-2-4-25(37)17-22/h2-17,27-30,33-34H,18H2,1H3/t27-,28+,29+,30-,33?,34+/m1/s1. The Hall–Kier alpha value is -4.16. The number of ether oxygens (including phenoxy) is 5. The molecule has 0 bridgehead atoms. The highest BCUT2D eigenvalue weighted by atomic mass is 32.2. The molecule has 0 spiro atoms. The zero-order chi connectivity index (χ0) is 31.5. The van der Waals surface area contributed by atoms with Crippen LogP contribution in [0.4, 0.5) is 13.2 Å². The van der Waals surface area contributed by atoms with E-state index in [0.29, 0.717) is 5.56 Å². The molecule has 45 heavy (non-hydrogen) atoms. The lowest BCUT2D eigenvalue weighted by atomic mass is 9.98. The number of hydrogen-bond acceptors (Lipinski definition) is 8. The van der Waals surface area contributed by atoms with Crippen molar-refractivity contribution < 1.29 is 46.4 Å². The lowest BCUT2D eigenvalue weighted by Gasteiger charge is -2.48. The summed E-state index contributed by atoms with van der Waals surface area (Å²) in [6.45, 7) is 1.93. The van der Waals surface area contributed by atoms with Crippen LogP contribution in [0.25, 0.3) is 0 Å². The first-order valence-electron chi connectivity index (χ1n) is 14.1. The van der Waals surface area contributed by atoms with Crippen molar-refractivity contribution in [3.63, 3.8) is 0 Å². The summed E-state index contributed by atoms with van der Waals surface area (Å²) < 4.78 is 71.8. The SMILES string of the molecule is Cc1ccc(S[C@@H]2O[C@@H]3COC(c4cccc(F)c4)O[C@@H]3[C@H](OC(=O)c3ccc(F)cc3)[C@H]2OC(=O)c2ccc(F)cc2)cc1. The second-order valence-corrected chi connectivity index (χ2v) is 11.7. The zero-order valence-electron chi connectivity index (χ0n) is 23.8. The maximum absolute atomic E-state index is 14.1. The Labute approximate surface area is 261 Å². The van der Waals surface area contributed by atoms with Crippen LogP contribution in [-0.4, -0.2) is 48.4 Å². The Balaban J connectivity index is 1.37. The fourth-order valence-corrected chi connectivity index (χ4v) is 6.13. The van der Waals surface area contributed by atoms with Gasteiger partial charge in [-0.05, 0) is 79.7 Å².